The Morgan fingerprint density at radius 1 is 1.31 bits per heavy atom. The van der Waals surface area contributed by atoms with Crippen LogP contribution in [0.15, 0.2) is 30.3 Å². The number of nitrogens with one attached hydrogen (secondary N) is 1. The highest BCUT2D eigenvalue weighted by atomic mass is 16.6. The zero-order valence-corrected chi connectivity index (χ0v) is 9.82. The van der Waals surface area contributed by atoms with Crippen LogP contribution in [-0.2, 0) is 16.1 Å². The lowest BCUT2D eigenvalue weighted by molar-refractivity contribution is -0.00808. The number of rotatable bonds is 4. The highest BCUT2D eigenvalue weighted by molar-refractivity contribution is 5.67. The Morgan fingerprint density at radius 3 is 2.50 bits per heavy atom. The van der Waals surface area contributed by atoms with Gasteiger partial charge in [0.2, 0.25) is 0 Å². The molecule has 0 radical (unpaired) electrons. The molecular formula is C12H17NO3. The largest absolute Gasteiger partial charge is 0.445 e. The van der Waals surface area contributed by atoms with Gasteiger partial charge in [-0.1, -0.05) is 30.3 Å². The standard InChI is InChI=1S/C12H17NO3/c1-12(2,15-3)13-11(14)16-9-10-7-5-4-6-8-10/h4-8H,9H2,1-3H3,(H,13,14). The van der Waals surface area contributed by atoms with Crippen LogP contribution >= 0.6 is 0 Å². The Balaban J connectivity index is 2.36. The van der Waals surface area contributed by atoms with Crippen LogP contribution in [0, 0.1) is 0 Å². The molecule has 0 saturated heterocycles. The van der Waals surface area contributed by atoms with E-state index in [2.05, 4.69) is 5.32 Å². The Labute approximate surface area is 95.6 Å². The molecule has 0 saturated carbocycles. The minimum atomic E-state index is -0.715. The quantitative estimate of drug-likeness (QED) is 0.797. The number of benzene rings is 1. The maximum Gasteiger partial charge on any atom is 0.409 e. The fourth-order valence-electron chi connectivity index (χ4n) is 1.06. The number of hydrogen-bond donors (Lipinski definition) is 1. The Kier molecular flexibility index (Phi) is 4.31. The third kappa shape index (κ3) is 4.31. The van der Waals surface area contributed by atoms with Crippen molar-refractivity contribution in [2.24, 2.45) is 0 Å². The minimum absolute atomic E-state index is 0.256. The zero-order chi connectivity index (χ0) is 12.0. The molecule has 0 fully saturated rings. The predicted molar refractivity (Wildman–Crippen MR) is 60.9 cm³/mol. The smallest absolute Gasteiger partial charge is 0.409 e. The fraction of sp³-hybridized carbons (Fsp3) is 0.417. The zero-order valence-electron chi connectivity index (χ0n) is 9.82. The SMILES string of the molecule is COC(C)(C)NC(=O)OCc1ccccc1. The summed E-state index contributed by atoms with van der Waals surface area (Å²) in [6, 6.07) is 9.51. The van der Waals surface area contributed by atoms with Crippen molar-refractivity contribution in [3.63, 3.8) is 0 Å². The molecular weight excluding hydrogens is 206 g/mol. The molecule has 0 aliphatic rings. The van der Waals surface area contributed by atoms with E-state index in [9.17, 15) is 4.79 Å². The summed E-state index contributed by atoms with van der Waals surface area (Å²) >= 11 is 0. The summed E-state index contributed by atoms with van der Waals surface area (Å²) in [6.45, 7) is 3.75. The van der Waals surface area contributed by atoms with Crippen LogP contribution in [-0.4, -0.2) is 18.9 Å². The first-order chi connectivity index (χ1) is 7.53. The minimum Gasteiger partial charge on any atom is -0.445 e. The summed E-state index contributed by atoms with van der Waals surface area (Å²) in [5, 5.41) is 2.59. The molecule has 0 spiro atoms. The lowest BCUT2D eigenvalue weighted by atomic mass is 10.2. The Hall–Kier alpha value is -1.55. The molecule has 1 N–H and O–H groups in total. The number of ether oxygens (including phenoxy) is 2. The number of amides is 1. The number of carbonyl (C=O) groups excluding carboxylic acids is 1. The summed E-state index contributed by atoms with van der Waals surface area (Å²) in [5.41, 5.74) is 0.237. The summed E-state index contributed by atoms with van der Waals surface area (Å²) in [4.78, 5) is 11.4. The van der Waals surface area contributed by atoms with E-state index in [0.29, 0.717) is 0 Å². The van der Waals surface area contributed by atoms with Crippen molar-refractivity contribution in [2.45, 2.75) is 26.2 Å². The Bertz CT molecular complexity index is 335. The normalized spacial score (nSPS) is 10.9. The van der Waals surface area contributed by atoms with E-state index in [1.54, 1.807) is 13.8 Å². The van der Waals surface area contributed by atoms with Gasteiger partial charge >= 0.3 is 6.09 Å². The second kappa shape index (κ2) is 5.51. The van der Waals surface area contributed by atoms with Gasteiger partial charge in [-0.05, 0) is 19.4 Å². The van der Waals surface area contributed by atoms with Crippen LogP contribution in [0.4, 0.5) is 4.79 Å². The summed E-state index contributed by atoms with van der Waals surface area (Å²) in [7, 11) is 1.53. The average molecular weight is 223 g/mol. The molecule has 1 amide bonds. The molecule has 1 rings (SSSR count). The first-order valence-corrected chi connectivity index (χ1v) is 5.07. The van der Waals surface area contributed by atoms with E-state index in [1.807, 2.05) is 30.3 Å². The van der Waals surface area contributed by atoms with E-state index in [1.165, 1.54) is 7.11 Å². The van der Waals surface area contributed by atoms with Gasteiger partial charge in [-0.25, -0.2) is 4.79 Å². The van der Waals surface area contributed by atoms with Gasteiger partial charge in [0.05, 0.1) is 0 Å². The summed E-state index contributed by atoms with van der Waals surface area (Å²) < 4.78 is 10.1. The fourth-order valence-corrected chi connectivity index (χ4v) is 1.06. The van der Waals surface area contributed by atoms with Crippen molar-refractivity contribution in [2.75, 3.05) is 7.11 Å². The second-order valence-electron chi connectivity index (χ2n) is 3.90. The third-order valence-electron chi connectivity index (χ3n) is 2.13. The van der Waals surface area contributed by atoms with Crippen molar-refractivity contribution in [1.29, 1.82) is 0 Å². The topological polar surface area (TPSA) is 47.6 Å². The van der Waals surface area contributed by atoms with Gasteiger partial charge in [0, 0.05) is 7.11 Å². The Morgan fingerprint density at radius 2 is 1.94 bits per heavy atom. The van der Waals surface area contributed by atoms with Crippen LogP contribution in [0.1, 0.15) is 19.4 Å². The van der Waals surface area contributed by atoms with Gasteiger partial charge in [-0.15, -0.1) is 0 Å². The van der Waals surface area contributed by atoms with E-state index in [-0.39, 0.29) is 6.61 Å². The molecule has 0 unspecified atom stereocenters. The molecule has 0 aliphatic heterocycles. The second-order valence-corrected chi connectivity index (χ2v) is 3.90. The van der Waals surface area contributed by atoms with Gasteiger partial charge in [0.15, 0.2) is 0 Å². The molecule has 0 heterocycles. The first-order valence-electron chi connectivity index (χ1n) is 5.07. The predicted octanol–water partition coefficient (Wildman–Crippen LogP) is 2.30. The molecule has 0 aromatic heterocycles. The molecule has 1 aromatic carbocycles. The van der Waals surface area contributed by atoms with E-state index in [4.69, 9.17) is 9.47 Å². The highest BCUT2D eigenvalue weighted by Gasteiger charge is 2.19. The van der Waals surface area contributed by atoms with Crippen molar-refractivity contribution in [1.82, 2.24) is 5.32 Å². The summed E-state index contributed by atoms with van der Waals surface area (Å²) in [6.07, 6.45) is -0.490. The van der Waals surface area contributed by atoms with E-state index < -0.39 is 11.8 Å². The highest BCUT2D eigenvalue weighted by Crippen LogP contribution is 2.04. The molecule has 0 bridgehead atoms. The van der Waals surface area contributed by atoms with Crippen molar-refractivity contribution < 1.29 is 14.3 Å². The van der Waals surface area contributed by atoms with Crippen LogP contribution in [0.5, 0.6) is 0 Å². The van der Waals surface area contributed by atoms with Crippen molar-refractivity contribution in [3.8, 4) is 0 Å². The number of alkyl carbamates (subject to hydrolysis) is 1. The lowest BCUT2D eigenvalue weighted by Gasteiger charge is -2.23. The van der Waals surface area contributed by atoms with Crippen LogP contribution in [0.3, 0.4) is 0 Å². The van der Waals surface area contributed by atoms with Gasteiger partial charge < -0.3 is 9.47 Å². The molecule has 0 aliphatic carbocycles. The molecule has 88 valence electrons. The molecule has 16 heavy (non-hydrogen) atoms. The monoisotopic (exact) mass is 223 g/mol. The maximum absolute atomic E-state index is 11.4. The summed E-state index contributed by atoms with van der Waals surface area (Å²) in [5.74, 6) is 0. The molecule has 4 heteroatoms. The lowest BCUT2D eigenvalue weighted by Crippen LogP contribution is -2.45. The van der Waals surface area contributed by atoms with Crippen LogP contribution < -0.4 is 5.32 Å². The van der Waals surface area contributed by atoms with Crippen LogP contribution in [0.2, 0.25) is 0 Å². The van der Waals surface area contributed by atoms with Gasteiger partial charge in [-0.2, -0.15) is 0 Å². The van der Waals surface area contributed by atoms with Gasteiger partial charge in [0.1, 0.15) is 12.3 Å². The first kappa shape index (κ1) is 12.5. The number of hydrogen-bond acceptors (Lipinski definition) is 3. The average Bonchev–Trinajstić information content (AvgIpc) is 2.27. The molecule has 4 nitrogen and oxygen atoms in total. The molecule has 0 atom stereocenters. The third-order valence-corrected chi connectivity index (χ3v) is 2.13. The van der Waals surface area contributed by atoms with Gasteiger partial charge in [0.25, 0.3) is 0 Å². The van der Waals surface area contributed by atoms with Gasteiger partial charge in [-0.3, -0.25) is 5.32 Å². The van der Waals surface area contributed by atoms with Crippen molar-refractivity contribution in [3.05, 3.63) is 35.9 Å². The molecule has 1 aromatic rings. The van der Waals surface area contributed by atoms with E-state index >= 15 is 0 Å². The van der Waals surface area contributed by atoms with Crippen LogP contribution in [0.25, 0.3) is 0 Å². The number of carbonyl (C=O) groups is 1. The van der Waals surface area contributed by atoms with E-state index in [0.717, 1.165) is 5.56 Å². The maximum atomic E-state index is 11.4. The number of methoxy groups -OCH3 is 1. The van der Waals surface area contributed by atoms with Crippen molar-refractivity contribution >= 4 is 6.09 Å².